The Morgan fingerprint density at radius 3 is 2.48 bits per heavy atom. The highest BCUT2D eigenvalue weighted by Crippen LogP contribution is 2.28. The van der Waals surface area contributed by atoms with Crippen molar-refractivity contribution in [3.8, 4) is 0 Å². The fourth-order valence-electron chi connectivity index (χ4n) is 2.95. The topological polar surface area (TPSA) is 95.9 Å². The molecule has 0 aromatic rings. The maximum atomic E-state index is 12.3. The number of carbonyl (C=O) groups is 3. The summed E-state index contributed by atoms with van der Waals surface area (Å²) in [7, 11) is 0. The van der Waals surface area contributed by atoms with Crippen LogP contribution in [0.15, 0.2) is 24.1 Å². The molecule has 1 aliphatic heterocycles. The Labute approximate surface area is 154 Å². The molecule has 1 aliphatic rings. The van der Waals surface area contributed by atoms with Gasteiger partial charge in [0.15, 0.2) is 0 Å². The molecular weight excluding hydrogens is 369 g/mol. The summed E-state index contributed by atoms with van der Waals surface area (Å²) in [5.74, 6) is -4.77. The van der Waals surface area contributed by atoms with Crippen LogP contribution >= 0.6 is 0 Å². The van der Waals surface area contributed by atoms with E-state index in [9.17, 15) is 32.7 Å². The van der Waals surface area contributed by atoms with Gasteiger partial charge in [-0.2, -0.15) is 13.2 Å². The molecule has 0 bridgehead atoms. The molecule has 0 radical (unpaired) electrons. The molecule has 2 unspecified atom stereocenters. The number of allylic oxidation sites excluding steroid dienone is 1. The Morgan fingerprint density at radius 2 is 2.00 bits per heavy atom. The van der Waals surface area contributed by atoms with Gasteiger partial charge >= 0.3 is 18.1 Å². The van der Waals surface area contributed by atoms with Crippen molar-refractivity contribution >= 4 is 17.8 Å². The van der Waals surface area contributed by atoms with E-state index in [-0.39, 0.29) is 24.6 Å². The van der Waals surface area contributed by atoms with Crippen molar-refractivity contribution in [2.45, 2.75) is 39.4 Å². The first-order chi connectivity index (χ1) is 12.5. The first kappa shape index (κ1) is 22.7. The van der Waals surface area contributed by atoms with Gasteiger partial charge in [0.1, 0.15) is 6.04 Å². The summed E-state index contributed by atoms with van der Waals surface area (Å²) in [4.78, 5) is 35.8. The predicted molar refractivity (Wildman–Crippen MR) is 89.1 cm³/mol. The van der Waals surface area contributed by atoms with E-state index in [4.69, 9.17) is 0 Å². The number of carbonyl (C=O) groups excluding carboxylic acids is 3. The van der Waals surface area contributed by atoms with E-state index in [0.29, 0.717) is 6.54 Å². The first-order valence-corrected chi connectivity index (χ1v) is 8.31. The van der Waals surface area contributed by atoms with Crippen molar-refractivity contribution in [3.63, 3.8) is 0 Å². The van der Waals surface area contributed by atoms with E-state index in [1.165, 1.54) is 6.92 Å². The van der Waals surface area contributed by atoms with E-state index in [1.807, 2.05) is 6.08 Å². The van der Waals surface area contributed by atoms with Gasteiger partial charge in [-0.05, 0) is 19.3 Å². The van der Waals surface area contributed by atoms with Gasteiger partial charge in [0.2, 0.25) is 5.91 Å². The van der Waals surface area contributed by atoms with E-state index in [2.05, 4.69) is 10.1 Å². The number of likely N-dealkylation sites (tertiary alicyclic amines) is 1. The Bertz CT molecular complexity index is 631. The van der Waals surface area contributed by atoms with Gasteiger partial charge in [-0.25, -0.2) is 9.59 Å². The first-order valence-electron chi connectivity index (χ1n) is 8.31. The summed E-state index contributed by atoms with van der Waals surface area (Å²) in [5.41, 5.74) is 0.204. The molecule has 7 nitrogen and oxygen atoms in total. The number of hydrogen-bond donors (Lipinski definition) is 2. The van der Waals surface area contributed by atoms with Crippen LogP contribution in [0.3, 0.4) is 0 Å². The van der Waals surface area contributed by atoms with Crippen LogP contribution < -0.4 is 5.32 Å². The third kappa shape index (κ3) is 6.70. The molecule has 1 amide bonds. The zero-order valence-corrected chi connectivity index (χ0v) is 15.2. The molecule has 1 heterocycles. The van der Waals surface area contributed by atoms with Crippen molar-refractivity contribution < 1.29 is 37.4 Å². The van der Waals surface area contributed by atoms with Crippen LogP contribution in [0.25, 0.3) is 0 Å². The van der Waals surface area contributed by atoms with E-state index in [0.717, 1.165) is 6.26 Å². The van der Waals surface area contributed by atoms with Gasteiger partial charge in [-0.1, -0.05) is 19.1 Å². The number of aliphatic hydroxyl groups excluding tert-OH is 1. The standard InChI is InChI=1S/C17H23F3N2O5/c1-4-5-12-6-14(15(25)27-16(26)17(18,19)20)22(8-12)7-10(2)13(9-23)21-11(3)24/h4-5,9-10,12,14,23H,6-8H2,1-3H3,(H,21,24)/t10-,12?,14?/m1/s1. The molecular formula is C17H23F3N2O5. The van der Waals surface area contributed by atoms with Gasteiger partial charge in [0.05, 0.1) is 12.0 Å². The highest BCUT2D eigenvalue weighted by atomic mass is 19.4. The minimum atomic E-state index is -5.26. The van der Waals surface area contributed by atoms with Crippen molar-refractivity contribution in [2.75, 3.05) is 13.1 Å². The summed E-state index contributed by atoms with van der Waals surface area (Å²) in [6.45, 7) is 5.21. The summed E-state index contributed by atoms with van der Waals surface area (Å²) in [5, 5.41) is 11.7. The number of ether oxygens (including phenoxy) is 1. The van der Waals surface area contributed by atoms with Crippen LogP contribution in [-0.2, 0) is 19.1 Å². The minimum absolute atomic E-state index is 0.108. The molecule has 0 aromatic heterocycles. The number of nitrogens with zero attached hydrogens (tertiary/aromatic N) is 1. The van der Waals surface area contributed by atoms with E-state index < -0.39 is 36.0 Å². The number of rotatable bonds is 6. The van der Waals surface area contributed by atoms with Crippen LogP contribution in [0, 0.1) is 11.8 Å². The van der Waals surface area contributed by atoms with E-state index >= 15 is 0 Å². The van der Waals surface area contributed by atoms with Gasteiger partial charge in [-0.15, -0.1) is 0 Å². The van der Waals surface area contributed by atoms with Crippen molar-refractivity contribution in [1.29, 1.82) is 0 Å². The molecule has 27 heavy (non-hydrogen) atoms. The normalized spacial score (nSPS) is 22.7. The lowest BCUT2D eigenvalue weighted by atomic mass is 10.1. The molecule has 0 aromatic carbocycles. The van der Waals surface area contributed by atoms with E-state index in [1.54, 1.807) is 24.8 Å². The second-order valence-corrected chi connectivity index (χ2v) is 6.36. The number of alkyl halides is 3. The lowest BCUT2D eigenvalue weighted by Crippen LogP contribution is -2.43. The summed E-state index contributed by atoms with van der Waals surface area (Å²) in [6, 6.07) is -1.04. The number of aliphatic hydroxyl groups is 1. The maximum absolute atomic E-state index is 12.3. The van der Waals surface area contributed by atoms with Crippen molar-refractivity contribution in [1.82, 2.24) is 10.2 Å². The van der Waals surface area contributed by atoms with Crippen LogP contribution in [0.5, 0.6) is 0 Å². The number of halogens is 3. The van der Waals surface area contributed by atoms with Crippen LogP contribution in [0.4, 0.5) is 13.2 Å². The lowest BCUT2D eigenvalue weighted by molar-refractivity contribution is -0.203. The second kappa shape index (κ2) is 9.54. The molecule has 152 valence electrons. The van der Waals surface area contributed by atoms with Gasteiger partial charge in [0.25, 0.3) is 0 Å². The average molecular weight is 392 g/mol. The van der Waals surface area contributed by atoms with Crippen LogP contribution in [0.2, 0.25) is 0 Å². The SMILES string of the molecule is CC=CC1CC(C(=O)OC(=O)C(F)(F)F)N(C[C@@H](C)C(=CO)NC(C)=O)C1. The second-order valence-electron chi connectivity index (χ2n) is 6.36. The Hall–Kier alpha value is -2.36. The molecule has 0 saturated carbocycles. The maximum Gasteiger partial charge on any atom is 0.491 e. The highest BCUT2D eigenvalue weighted by Gasteiger charge is 2.45. The van der Waals surface area contributed by atoms with Crippen LogP contribution in [0.1, 0.15) is 27.2 Å². The van der Waals surface area contributed by atoms with Crippen molar-refractivity contribution in [3.05, 3.63) is 24.1 Å². The zero-order valence-electron chi connectivity index (χ0n) is 15.2. The van der Waals surface area contributed by atoms with Gasteiger partial charge in [-0.3, -0.25) is 9.69 Å². The van der Waals surface area contributed by atoms with Gasteiger partial charge in [0, 0.05) is 25.9 Å². The molecule has 1 saturated heterocycles. The Morgan fingerprint density at radius 1 is 1.37 bits per heavy atom. The lowest BCUT2D eigenvalue weighted by Gasteiger charge is -2.26. The van der Waals surface area contributed by atoms with Crippen molar-refractivity contribution in [2.24, 2.45) is 11.8 Å². The monoisotopic (exact) mass is 392 g/mol. The molecule has 2 N–H and O–H groups in total. The molecule has 1 fully saturated rings. The minimum Gasteiger partial charge on any atom is -0.514 e. The molecule has 0 aliphatic carbocycles. The number of nitrogens with one attached hydrogen (secondary N) is 1. The Balaban J connectivity index is 2.91. The smallest absolute Gasteiger partial charge is 0.491 e. The van der Waals surface area contributed by atoms with Gasteiger partial charge < -0.3 is 15.2 Å². The Kier molecular flexibility index (Phi) is 8.01. The summed E-state index contributed by atoms with van der Waals surface area (Å²) < 4.78 is 41.0. The molecule has 3 atom stereocenters. The molecule has 10 heteroatoms. The van der Waals surface area contributed by atoms with Crippen LogP contribution in [-0.4, -0.2) is 53.2 Å². The number of amides is 1. The predicted octanol–water partition coefficient (Wildman–Crippen LogP) is 2.06. The third-order valence-corrected chi connectivity index (χ3v) is 4.10. The third-order valence-electron chi connectivity index (χ3n) is 4.10. The fourth-order valence-corrected chi connectivity index (χ4v) is 2.95. The largest absolute Gasteiger partial charge is 0.514 e. The quantitative estimate of drug-likeness (QED) is 0.311. The number of hydrogen-bond acceptors (Lipinski definition) is 6. The molecule has 0 spiro atoms. The molecule has 1 rings (SSSR count). The number of esters is 2. The average Bonchev–Trinajstić information content (AvgIpc) is 2.94. The zero-order chi connectivity index (χ0) is 20.8. The fraction of sp³-hybridized carbons (Fsp3) is 0.588. The summed E-state index contributed by atoms with van der Waals surface area (Å²) in [6.07, 6.45) is -0.761. The highest BCUT2D eigenvalue weighted by molar-refractivity contribution is 5.91. The summed E-state index contributed by atoms with van der Waals surface area (Å²) >= 11 is 0.